The molecule has 1 rings (SSSR count). The van der Waals surface area contributed by atoms with E-state index in [1.807, 2.05) is 0 Å². The molecule has 0 aliphatic heterocycles. The lowest BCUT2D eigenvalue weighted by molar-refractivity contribution is -0.0570. The highest BCUT2D eigenvalue weighted by Crippen LogP contribution is 2.21. The highest BCUT2D eigenvalue weighted by molar-refractivity contribution is 5.17. The average Bonchev–Trinajstić information content (AvgIpc) is 1.97. The third kappa shape index (κ3) is 1.42. The normalized spacial score (nSPS) is 45.4. The zero-order chi connectivity index (χ0) is 8.59. The number of hydrogen-bond acceptors (Lipinski definition) is 3. The van der Waals surface area contributed by atoms with Crippen molar-refractivity contribution in [2.24, 2.45) is 0 Å². The number of halogens is 1. The Morgan fingerprint density at radius 2 is 1.91 bits per heavy atom. The average molecular weight is 162 g/mol. The quantitative estimate of drug-likeness (QED) is 0.415. The summed E-state index contributed by atoms with van der Waals surface area (Å²) in [7, 11) is 0. The summed E-state index contributed by atoms with van der Waals surface area (Å²) in [6, 6.07) is 0. The molecule has 0 bridgehead atoms. The van der Waals surface area contributed by atoms with E-state index in [1.54, 1.807) is 0 Å². The molecule has 1 aliphatic carbocycles. The van der Waals surface area contributed by atoms with Crippen LogP contribution in [0.1, 0.15) is 6.92 Å². The smallest absolute Gasteiger partial charge is 0.158 e. The van der Waals surface area contributed by atoms with Crippen molar-refractivity contribution < 1.29 is 19.7 Å². The van der Waals surface area contributed by atoms with Crippen LogP contribution in [0.4, 0.5) is 4.39 Å². The molecular weight excluding hydrogens is 151 g/mol. The number of alkyl halides is 1. The van der Waals surface area contributed by atoms with E-state index in [4.69, 9.17) is 15.3 Å². The van der Waals surface area contributed by atoms with Crippen molar-refractivity contribution in [3.05, 3.63) is 11.6 Å². The van der Waals surface area contributed by atoms with Crippen LogP contribution in [-0.4, -0.2) is 39.8 Å². The Balaban J connectivity index is 2.83. The minimum Gasteiger partial charge on any atom is -0.387 e. The van der Waals surface area contributed by atoms with Gasteiger partial charge in [0.05, 0.1) is 0 Å². The summed E-state index contributed by atoms with van der Waals surface area (Å²) in [4.78, 5) is 0. The molecule has 1 aliphatic rings. The Bertz CT molecular complexity index is 181. The van der Waals surface area contributed by atoms with Crippen LogP contribution in [0.25, 0.3) is 0 Å². The Morgan fingerprint density at radius 3 is 2.45 bits per heavy atom. The van der Waals surface area contributed by atoms with Crippen LogP contribution in [-0.2, 0) is 0 Å². The van der Waals surface area contributed by atoms with E-state index in [0.717, 1.165) is 0 Å². The first-order valence-corrected chi connectivity index (χ1v) is 3.40. The third-order valence-corrected chi connectivity index (χ3v) is 1.88. The van der Waals surface area contributed by atoms with Crippen molar-refractivity contribution in [1.82, 2.24) is 0 Å². The molecule has 3 N–H and O–H groups in total. The van der Waals surface area contributed by atoms with Crippen molar-refractivity contribution in [3.63, 3.8) is 0 Å². The van der Waals surface area contributed by atoms with Gasteiger partial charge in [0.15, 0.2) is 6.17 Å². The first-order valence-electron chi connectivity index (χ1n) is 3.40. The summed E-state index contributed by atoms with van der Waals surface area (Å²) in [5.41, 5.74) is 0.402. The van der Waals surface area contributed by atoms with Crippen molar-refractivity contribution in [2.75, 3.05) is 0 Å². The zero-order valence-corrected chi connectivity index (χ0v) is 6.11. The van der Waals surface area contributed by atoms with Crippen LogP contribution in [0.3, 0.4) is 0 Å². The van der Waals surface area contributed by atoms with E-state index in [0.29, 0.717) is 5.57 Å². The number of aliphatic hydroxyl groups excluding tert-OH is 3. The first-order chi connectivity index (χ1) is 5.04. The molecule has 3 nitrogen and oxygen atoms in total. The molecule has 0 aromatic heterocycles. The second-order valence-electron chi connectivity index (χ2n) is 2.78. The molecule has 0 aromatic rings. The van der Waals surface area contributed by atoms with Gasteiger partial charge in [-0.1, -0.05) is 6.08 Å². The predicted octanol–water partition coefficient (Wildman–Crippen LogP) is -0.633. The maximum Gasteiger partial charge on any atom is 0.158 e. The SMILES string of the molecule is CC1=C[C@H](O)[C@@H](F)[C@H](O)[C@@H]1O. The fraction of sp³-hybridized carbons (Fsp3) is 0.714. The van der Waals surface area contributed by atoms with E-state index >= 15 is 0 Å². The van der Waals surface area contributed by atoms with Crippen LogP contribution in [0.15, 0.2) is 11.6 Å². The van der Waals surface area contributed by atoms with E-state index in [-0.39, 0.29) is 0 Å². The van der Waals surface area contributed by atoms with Gasteiger partial charge in [0.2, 0.25) is 0 Å². The molecule has 0 amide bonds. The van der Waals surface area contributed by atoms with Crippen LogP contribution < -0.4 is 0 Å². The Morgan fingerprint density at radius 1 is 1.36 bits per heavy atom. The zero-order valence-electron chi connectivity index (χ0n) is 6.11. The van der Waals surface area contributed by atoms with Gasteiger partial charge in [-0.05, 0) is 12.5 Å². The molecule has 4 atom stereocenters. The Labute approximate surface area is 63.8 Å². The fourth-order valence-electron chi connectivity index (χ4n) is 1.11. The van der Waals surface area contributed by atoms with Gasteiger partial charge in [0.25, 0.3) is 0 Å². The maximum absolute atomic E-state index is 12.7. The van der Waals surface area contributed by atoms with Crippen LogP contribution in [0.2, 0.25) is 0 Å². The summed E-state index contributed by atoms with van der Waals surface area (Å²) < 4.78 is 12.7. The highest BCUT2D eigenvalue weighted by atomic mass is 19.1. The van der Waals surface area contributed by atoms with Gasteiger partial charge in [-0.25, -0.2) is 4.39 Å². The third-order valence-electron chi connectivity index (χ3n) is 1.88. The highest BCUT2D eigenvalue weighted by Gasteiger charge is 2.36. The molecule has 0 aromatic carbocycles. The molecule has 0 saturated carbocycles. The first kappa shape index (κ1) is 8.64. The maximum atomic E-state index is 12.7. The van der Waals surface area contributed by atoms with Gasteiger partial charge < -0.3 is 15.3 Å². The summed E-state index contributed by atoms with van der Waals surface area (Å²) in [6.45, 7) is 1.53. The molecule has 4 heteroatoms. The van der Waals surface area contributed by atoms with Crippen molar-refractivity contribution in [2.45, 2.75) is 31.4 Å². The summed E-state index contributed by atoms with van der Waals surface area (Å²) in [6.07, 6.45) is -4.56. The molecule has 0 fully saturated rings. The molecular formula is C7H11FO3. The van der Waals surface area contributed by atoms with Crippen LogP contribution in [0.5, 0.6) is 0 Å². The Hall–Kier alpha value is -0.450. The molecule has 11 heavy (non-hydrogen) atoms. The van der Waals surface area contributed by atoms with E-state index in [9.17, 15) is 4.39 Å². The molecule has 0 spiro atoms. The minimum absolute atomic E-state index is 0.402. The molecule has 0 heterocycles. The molecule has 0 radical (unpaired) electrons. The Kier molecular flexibility index (Phi) is 2.27. The van der Waals surface area contributed by atoms with Crippen molar-refractivity contribution in [3.8, 4) is 0 Å². The monoisotopic (exact) mass is 162 g/mol. The lowest BCUT2D eigenvalue weighted by Crippen LogP contribution is -2.45. The number of rotatable bonds is 0. The van der Waals surface area contributed by atoms with Crippen molar-refractivity contribution >= 4 is 0 Å². The van der Waals surface area contributed by atoms with Gasteiger partial charge in [-0.15, -0.1) is 0 Å². The molecule has 0 unspecified atom stereocenters. The molecule has 64 valence electrons. The lowest BCUT2D eigenvalue weighted by atomic mass is 9.91. The summed E-state index contributed by atoms with van der Waals surface area (Å²) >= 11 is 0. The second kappa shape index (κ2) is 2.89. The fourth-order valence-corrected chi connectivity index (χ4v) is 1.11. The number of hydrogen-bond donors (Lipinski definition) is 3. The molecule has 0 saturated heterocycles. The summed E-state index contributed by atoms with van der Waals surface area (Å²) in [5, 5.41) is 26.9. The van der Waals surface area contributed by atoms with E-state index in [2.05, 4.69) is 0 Å². The lowest BCUT2D eigenvalue weighted by Gasteiger charge is -2.29. The second-order valence-corrected chi connectivity index (χ2v) is 2.78. The van der Waals surface area contributed by atoms with E-state index in [1.165, 1.54) is 13.0 Å². The van der Waals surface area contributed by atoms with Gasteiger partial charge in [-0.2, -0.15) is 0 Å². The standard InChI is InChI=1S/C7H11FO3/c1-3-2-4(9)5(8)7(11)6(3)10/h2,4-7,9-11H,1H3/t4-,5+,6+,7-/m0/s1. The van der Waals surface area contributed by atoms with Gasteiger partial charge in [0.1, 0.15) is 18.3 Å². The summed E-state index contributed by atoms with van der Waals surface area (Å²) in [5.74, 6) is 0. The topological polar surface area (TPSA) is 60.7 Å². The predicted molar refractivity (Wildman–Crippen MR) is 36.7 cm³/mol. The number of aliphatic hydroxyl groups is 3. The van der Waals surface area contributed by atoms with Gasteiger partial charge in [0, 0.05) is 0 Å². The van der Waals surface area contributed by atoms with Crippen LogP contribution >= 0.6 is 0 Å². The largest absolute Gasteiger partial charge is 0.387 e. The van der Waals surface area contributed by atoms with Crippen molar-refractivity contribution in [1.29, 1.82) is 0 Å². The van der Waals surface area contributed by atoms with E-state index < -0.39 is 24.5 Å². The van der Waals surface area contributed by atoms with Crippen LogP contribution in [0, 0.1) is 0 Å². The van der Waals surface area contributed by atoms with Gasteiger partial charge in [-0.3, -0.25) is 0 Å². The minimum atomic E-state index is -1.78. The van der Waals surface area contributed by atoms with Gasteiger partial charge >= 0.3 is 0 Å².